The number of benzene rings is 1. The number of aliphatic hydroxyl groups excluding tert-OH is 1. The molecule has 0 saturated heterocycles. The van der Waals surface area contributed by atoms with Crippen LogP contribution in [0, 0.1) is 16.5 Å². The van der Waals surface area contributed by atoms with Crippen LogP contribution in [0.15, 0.2) is 53.7 Å². The summed E-state index contributed by atoms with van der Waals surface area (Å²) in [4.78, 5) is 0. The summed E-state index contributed by atoms with van der Waals surface area (Å²) in [6.45, 7) is 0.130. The van der Waals surface area contributed by atoms with Gasteiger partial charge in [0, 0.05) is 17.9 Å². The van der Waals surface area contributed by atoms with Crippen molar-refractivity contribution in [3.05, 3.63) is 59.4 Å². The van der Waals surface area contributed by atoms with Gasteiger partial charge in [-0.15, -0.1) is 0 Å². The van der Waals surface area contributed by atoms with Gasteiger partial charge < -0.3 is 15.1 Å². The summed E-state index contributed by atoms with van der Waals surface area (Å²) in [6, 6.07) is 13.8. The van der Waals surface area contributed by atoms with E-state index < -0.39 is 6.10 Å². The van der Waals surface area contributed by atoms with Gasteiger partial charge in [-0.25, -0.2) is 0 Å². The van der Waals surface area contributed by atoms with Gasteiger partial charge in [-0.1, -0.05) is 11.8 Å². The van der Waals surface area contributed by atoms with Gasteiger partial charge in [0.2, 0.25) is 0 Å². The van der Waals surface area contributed by atoms with Crippen molar-refractivity contribution in [2.24, 2.45) is 0 Å². The molecule has 1 atom stereocenters. The van der Waals surface area contributed by atoms with Crippen molar-refractivity contribution >= 4 is 11.8 Å². The molecule has 5 nitrogen and oxygen atoms in total. The van der Waals surface area contributed by atoms with Crippen molar-refractivity contribution in [3.63, 3.8) is 0 Å². The first-order valence-corrected chi connectivity index (χ1v) is 7.29. The van der Waals surface area contributed by atoms with Crippen molar-refractivity contribution in [1.82, 2.24) is 0 Å². The SMILES string of the molecule is N#Cc1ccc(OC[C@H](O)CSc2cccc[n+]2[O-])cc1. The molecule has 0 spiro atoms. The first-order chi connectivity index (χ1) is 10.2. The van der Waals surface area contributed by atoms with E-state index in [1.165, 1.54) is 18.0 Å². The van der Waals surface area contributed by atoms with Gasteiger partial charge in [0.1, 0.15) is 12.4 Å². The number of hydrogen-bond acceptors (Lipinski definition) is 5. The number of rotatable bonds is 6. The van der Waals surface area contributed by atoms with Crippen molar-refractivity contribution in [2.75, 3.05) is 12.4 Å². The molecular formula is C15H14N2O3S. The van der Waals surface area contributed by atoms with Gasteiger partial charge in [0.25, 0.3) is 5.03 Å². The van der Waals surface area contributed by atoms with E-state index >= 15 is 0 Å². The van der Waals surface area contributed by atoms with Gasteiger partial charge in [-0.3, -0.25) is 0 Å². The van der Waals surface area contributed by atoms with E-state index in [4.69, 9.17) is 10.00 Å². The average molecular weight is 302 g/mol. The van der Waals surface area contributed by atoms with Crippen LogP contribution in [-0.2, 0) is 0 Å². The molecule has 108 valence electrons. The molecule has 1 aromatic heterocycles. The predicted octanol–water partition coefficient (Wildman–Crippen LogP) is 1.72. The largest absolute Gasteiger partial charge is 0.618 e. The van der Waals surface area contributed by atoms with E-state index in [1.807, 2.05) is 6.07 Å². The number of hydrogen-bond donors (Lipinski definition) is 1. The zero-order valence-electron chi connectivity index (χ0n) is 11.2. The molecule has 1 N–H and O–H groups in total. The molecule has 0 saturated carbocycles. The van der Waals surface area contributed by atoms with Crippen LogP contribution < -0.4 is 9.47 Å². The summed E-state index contributed by atoms with van der Waals surface area (Å²) in [7, 11) is 0. The molecule has 0 unspecified atom stereocenters. The highest BCUT2D eigenvalue weighted by Gasteiger charge is 2.10. The Bertz CT molecular complexity index is 626. The average Bonchev–Trinajstić information content (AvgIpc) is 2.52. The topological polar surface area (TPSA) is 80.2 Å². The van der Waals surface area contributed by atoms with Crippen LogP contribution >= 0.6 is 11.8 Å². The lowest BCUT2D eigenvalue weighted by molar-refractivity contribution is -0.645. The van der Waals surface area contributed by atoms with Gasteiger partial charge in [0.05, 0.1) is 17.7 Å². The fraction of sp³-hybridized carbons (Fsp3) is 0.200. The Labute approximate surface area is 127 Å². The molecule has 0 amide bonds. The van der Waals surface area contributed by atoms with Crippen LogP contribution in [0.1, 0.15) is 5.56 Å². The molecule has 1 heterocycles. The number of aromatic nitrogens is 1. The minimum absolute atomic E-state index is 0.130. The van der Waals surface area contributed by atoms with E-state index in [-0.39, 0.29) is 6.61 Å². The Morgan fingerprint density at radius 3 is 2.71 bits per heavy atom. The van der Waals surface area contributed by atoms with Crippen LogP contribution in [0.25, 0.3) is 0 Å². The number of pyridine rings is 1. The lowest BCUT2D eigenvalue weighted by atomic mass is 10.2. The number of nitriles is 1. The first kappa shape index (κ1) is 15.2. The minimum Gasteiger partial charge on any atom is -0.618 e. The monoisotopic (exact) mass is 302 g/mol. The maximum atomic E-state index is 11.4. The van der Waals surface area contributed by atoms with Crippen LogP contribution in [0.4, 0.5) is 0 Å². The van der Waals surface area contributed by atoms with E-state index in [0.717, 1.165) is 4.73 Å². The molecule has 0 aliphatic carbocycles. The number of thioether (sulfide) groups is 1. The highest BCUT2D eigenvalue weighted by Crippen LogP contribution is 2.15. The summed E-state index contributed by atoms with van der Waals surface area (Å²) < 4.78 is 6.19. The first-order valence-electron chi connectivity index (χ1n) is 6.31. The van der Waals surface area contributed by atoms with E-state index in [9.17, 15) is 10.3 Å². The van der Waals surface area contributed by atoms with Crippen LogP contribution in [-0.4, -0.2) is 23.6 Å². The van der Waals surface area contributed by atoms with Crippen LogP contribution in [0.3, 0.4) is 0 Å². The predicted molar refractivity (Wildman–Crippen MR) is 78.8 cm³/mol. The molecule has 0 bridgehead atoms. The Kier molecular flexibility index (Phi) is 5.43. The van der Waals surface area contributed by atoms with Gasteiger partial charge in [-0.05, 0) is 30.3 Å². The zero-order chi connectivity index (χ0) is 15.1. The molecule has 6 heteroatoms. The van der Waals surface area contributed by atoms with Crippen LogP contribution in [0.5, 0.6) is 5.75 Å². The lowest BCUT2D eigenvalue weighted by Crippen LogP contribution is -2.29. The standard InChI is InChI=1S/C15H14N2O3S/c16-9-12-4-6-14(7-5-12)20-10-13(18)11-21-15-3-1-2-8-17(15)19/h1-8,13,18H,10-11H2/t13-/m0/s1. The Hall–Kier alpha value is -2.23. The normalized spacial score (nSPS) is 11.6. The van der Waals surface area contributed by atoms with Gasteiger partial charge in [-0.2, -0.15) is 9.99 Å². The zero-order valence-corrected chi connectivity index (χ0v) is 12.0. The number of nitrogens with zero attached hydrogens (tertiary/aromatic N) is 2. The lowest BCUT2D eigenvalue weighted by Gasteiger charge is -2.11. The smallest absolute Gasteiger partial charge is 0.251 e. The van der Waals surface area contributed by atoms with Crippen molar-refractivity contribution in [3.8, 4) is 11.8 Å². The Morgan fingerprint density at radius 1 is 1.29 bits per heavy atom. The summed E-state index contributed by atoms with van der Waals surface area (Å²) in [5.74, 6) is 0.958. The van der Waals surface area contributed by atoms with Crippen molar-refractivity contribution < 1.29 is 14.6 Å². The second-order valence-corrected chi connectivity index (χ2v) is 5.32. The van der Waals surface area contributed by atoms with Gasteiger partial charge >= 0.3 is 0 Å². The highest BCUT2D eigenvalue weighted by atomic mass is 32.2. The van der Waals surface area contributed by atoms with Crippen LogP contribution in [0.2, 0.25) is 0 Å². The van der Waals surface area contributed by atoms with Crippen molar-refractivity contribution in [1.29, 1.82) is 5.26 Å². The fourth-order valence-corrected chi connectivity index (χ4v) is 2.39. The maximum absolute atomic E-state index is 11.4. The molecule has 0 fully saturated rings. The fourth-order valence-electron chi connectivity index (χ4n) is 1.57. The molecule has 1 aromatic carbocycles. The molecule has 0 aliphatic heterocycles. The molecule has 0 aliphatic rings. The second-order valence-electron chi connectivity index (χ2n) is 4.28. The third-order valence-electron chi connectivity index (χ3n) is 2.64. The highest BCUT2D eigenvalue weighted by molar-refractivity contribution is 7.99. The molecule has 2 aromatic rings. The summed E-state index contributed by atoms with van der Waals surface area (Å²) in [5.41, 5.74) is 0.558. The summed E-state index contributed by atoms with van der Waals surface area (Å²) >= 11 is 1.27. The number of aliphatic hydroxyl groups is 1. The molecular weight excluding hydrogens is 288 g/mol. The molecule has 21 heavy (non-hydrogen) atoms. The van der Waals surface area contributed by atoms with Gasteiger partial charge in [0.15, 0.2) is 6.20 Å². The van der Waals surface area contributed by atoms with E-state index in [2.05, 4.69) is 0 Å². The third kappa shape index (κ3) is 4.67. The van der Waals surface area contributed by atoms with E-state index in [1.54, 1.807) is 42.5 Å². The quantitative estimate of drug-likeness (QED) is 0.499. The third-order valence-corrected chi connectivity index (χ3v) is 3.80. The minimum atomic E-state index is -0.689. The van der Waals surface area contributed by atoms with Crippen molar-refractivity contribution in [2.45, 2.75) is 11.1 Å². The van der Waals surface area contributed by atoms with E-state index in [0.29, 0.717) is 22.1 Å². The summed E-state index contributed by atoms with van der Waals surface area (Å²) in [6.07, 6.45) is 0.730. The molecule has 2 rings (SSSR count). The Balaban J connectivity index is 1.78. The Morgan fingerprint density at radius 2 is 2.05 bits per heavy atom. The molecule has 0 radical (unpaired) electrons. The number of ether oxygens (including phenoxy) is 1. The second kappa shape index (κ2) is 7.53. The maximum Gasteiger partial charge on any atom is 0.251 e. The summed E-state index contributed by atoms with van der Waals surface area (Å²) in [5, 5.41) is 30.5.